The Morgan fingerprint density at radius 1 is 0.867 bits per heavy atom. The van der Waals surface area contributed by atoms with Crippen LogP contribution in [0.5, 0.6) is 0 Å². The first-order valence-corrected chi connectivity index (χ1v) is 9.33. The van der Waals surface area contributed by atoms with Gasteiger partial charge in [0.15, 0.2) is 0 Å². The van der Waals surface area contributed by atoms with E-state index in [-0.39, 0.29) is 0 Å². The quantitative estimate of drug-likeness (QED) is 0.207. The lowest BCUT2D eigenvalue weighted by molar-refractivity contribution is -0.137. The molecule has 8 heteroatoms. The number of nitrogens with zero attached hydrogens (tertiary/aromatic N) is 3. The van der Waals surface area contributed by atoms with Crippen molar-refractivity contribution in [3.05, 3.63) is 78.5 Å². The van der Waals surface area contributed by atoms with Crippen molar-refractivity contribution in [2.45, 2.75) is 11.1 Å². The maximum Gasteiger partial charge on any atom is 0.416 e. The molecule has 0 unspecified atom stereocenters. The van der Waals surface area contributed by atoms with Crippen LogP contribution in [0.1, 0.15) is 5.56 Å². The van der Waals surface area contributed by atoms with Crippen LogP contribution in [0, 0.1) is 0 Å². The predicted octanol–water partition coefficient (Wildman–Crippen LogP) is 7.21. The van der Waals surface area contributed by atoms with Crippen molar-refractivity contribution in [3.8, 4) is 11.3 Å². The molecule has 150 valence electrons. The largest absolute Gasteiger partial charge is 0.416 e. The van der Waals surface area contributed by atoms with E-state index in [0.717, 1.165) is 27.8 Å². The summed E-state index contributed by atoms with van der Waals surface area (Å²) in [4.78, 5) is 4.94. The summed E-state index contributed by atoms with van der Waals surface area (Å²) in [6.45, 7) is 0. The van der Waals surface area contributed by atoms with Gasteiger partial charge in [-0.3, -0.25) is 4.98 Å². The number of halogens is 3. The summed E-state index contributed by atoms with van der Waals surface area (Å²) in [6, 6.07) is 17.6. The molecule has 4 rings (SSSR count). The lowest BCUT2D eigenvalue weighted by Gasteiger charge is -2.08. The number of hydrogen-bond acceptors (Lipinski definition) is 5. The molecule has 0 saturated carbocycles. The number of anilines is 1. The van der Waals surface area contributed by atoms with Crippen molar-refractivity contribution in [2.24, 2.45) is 10.2 Å². The number of rotatable bonds is 3. The van der Waals surface area contributed by atoms with Crippen molar-refractivity contribution >= 4 is 40.5 Å². The van der Waals surface area contributed by atoms with Gasteiger partial charge in [-0.05, 0) is 35.7 Å². The van der Waals surface area contributed by atoms with Gasteiger partial charge >= 0.3 is 6.18 Å². The summed E-state index contributed by atoms with van der Waals surface area (Å²) < 4.78 is 38.7. The SMILES string of the molecule is Nc1c(N=Nc2ccc(-c3cccc(C(F)(F)F)c3)nc2)cc(S)c2ccccc12. The molecule has 3 aromatic carbocycles. The first kappa shape index (κ1) is 19.9. The maximum absolute atomic E-state index is 12.9. The molecule has 1 aromatic heterocycles. The average molecular weight is 424 g/mol. The number of thiol groups is 1. The van der Waals surface area contributed by atoms with Gasteiger partial charge in [0.1, 0.15) is 11.4 Å². The third kappa shape index (κ3) is 3.99. The van der Waals surface area contributed by atoms with Gasteiger partial charge in [-0.25, -0.2) is 0 Å². The van der Waals surface area contributed by atoms with E-state index < -0.39 is 11.7 Å². The van der Waals surface area contributed by atoms with Crippen molar-refractivity contribution in [1.29, 1.82) is 0 Å². The molecule has 0 amide bonds. The molecule has 1 heterocycles. The van der Waals surface area contributed by atoms with Gasteiger partial charge in [-0.1, -0.05) is 36.4 Å². The van der Waals surface area contributed by atoms with Crippen LogP contribution in [0.15, 0.2) is 88.1 Å². The van der Waals surface area contributed by atoms with E-state index in [2.05, 4.69) is 27.8 Å². The molecule has 0 aliphatic rings. The second kappa shape index (κ2) is 7.79. The van der Waals surface area contributed by atoms with Gasteiger partial charge in [-0.2, -0.15) is 13.2 Å². The topological polar surface area (TPSA) is 63.6 Å². The normalized spacial score (nSPS) is 12.0. The molecule has 2 N–H and O–H groups in total. The van der Waals surface area contributed by atoms with E-state index >= 15 is 0 Å². The molecular formula is C22H15F3N4S. The number of aromatic nitrogens is 1. The highest BCUT2D eigenvalue weighted by Crippen LogP contribution is 2.36. The van der Waals surface area contributed by atoms with Gasteiger partial charge < -0.3 is 5.73 Å². The number of hydrogen-bond donors (Lipinski definition) is 2. The Morgan fingerprint density at radius 2 is 1.63 bits per heavy atom. The monoisotopic (exact) mass is 424 g/mol. The molecule has 0 aliphatic heterocycles. The molecule has 0 fully saturated rings. The van der Waals surface area contributed by atoms with Gasteiger partial charge in [0.25, 0.3) is 0 Å². The maximum atomic E-state index is 12.9. The van der Waals surface area contributed by atoms with E-state index in [0.29, 0.717) is 28.3 Å². The molecule has 0 aliphatic carbocycles. The fraction of sp³-hybridized carbons (Fsp3) is 0.0455. The summed E-state index contributed by atoms with van der Waals surface area (Å²) in [5, 5.41) is 10.1. The molecule has 0 radical (unpaired) electrons. The zero-order valence-corrected chi connectivity index (χ0v) is 16.3. The smallest absolute Gasteiger partial charge is 0.396 e. The molecule has 0 spiro atoms. The summed E-state index contributed by atoms with van der Waals surface area (Å²) >= 11 is 4.48. The number of alkyl halides is 3. The van der Waals surface area contributed by atoms with Crippen LogP contribution >= 0.6 is 12.6 Å². The minimum atomic E-state index is -4.41. The third-order valence-corrected chi connectivity index (χ3v) is 4.92. The van der Waals surface area contributed by atoms with Crippen LogP contribution in [0.3, 0.4) is 0 Å². The minimum Gasteiger partial charge on any atom is -0.396 e. The highest BCUT2D eigenvalue weighted by molar-refractivity contribution is 7.80. The average Bonchev–Trinajstić information content (AvgIpc) is 2.75. The predicted molar refractivity (Wildman–Crippen MR) is 114 cm³/mol. The van der Waals surface area contributed by atoms with Crippen molar-refractivity contribution < 1.29 is 13.2 Å². The zero-order valence-electron chi connectivity index (χ0n) is 15.4. The molecule has 4 nitrogen and oxygen atoms in total. The van der Waals surface area contributed by atoms with Gasteiger partial charge in [-0.15, -0.1) is 22.9 Å². The number of benzene rings is 3. The number of nitrogen functional groups attached to an aromatic ring is 1. The fourth-order valence-corrected chi connectivity index (χ4v) is 3.35. The Morgan fingerprint density at radius 3 is 2.33 bits per heavy atom. The van der Waals surface area contributed by atoms with Gasteiger partial charge in [0.2, 0.25) is 0 Å². The molecule has 0 atom stereocenters. The molecule has 0 saturated heterocycles. The molecular weight excluding hydrogens is 409 g/mol. The summed E-state index contributed by atoms with van der Waals surface area (Å²) in [7, 11) is 0. The standard InChI is InChI=1S/C22H15F3N4S/c23-22(24,25)14-5-3-4-13(10-14)18-9-8-15(12-27-18)28-29-19-11-20(30)16-6-1-2-7-17(16)21(19)26/h1-12,30H,26H2. The highest BCUT2D eigenvalue weighted by atomic mass is 32.1. The van der Waals surface area contributed by atoms with E-state index in [9.17, 15) is 13.2 Å². The molecule has 4 aromatic rings. The van der Waals surface area contributed by atoms with Crippen molar-refractivity contribution in [2.75, 3.05) is 5.73 Å². The fourth-order valence-electron chi connectivity index (χ4n) is 3.03. The number of pyridine rings is 1. The van der Waals surface area contributed by atoms with Crippen LogP contribution in [0.2, 0.25) is 0 Å². The Balaban J connectivity index is 1.61. The number of azo groups is 1. The van der Waals surface area contributed by atoms with Gasteiger partial charge in [0.05, 0.1) is 23.1 Å². The minimum absolute atomic E-state index is 0.367. The van der Waals surface area contributed by atoms with Crippen LogP contribution in [0.25, 0.3) is 22.0 Å². The third-order valence-electron chi connectivity index (χ3n) is 4.55. The van der Waals surface area contributed by atoms with E-state index in [1.807, 2.05) is 24.3 Å². The van der Waals surface area contributed by atoms with Crippen LogP contribution in [-0.4, -0.2) is 4.98 Å². The van der Waals surface area contributed by atoms with Crippen LogP contribution < -0.4 is 5.73 Å². The lowest BCUT2D eigenvalue weighted by Crippen LogP contribution is -2.04. The van der Waals surface area contributed by atoms with E-state index in [1.54, 1.807) is 24.3 Å². The zero-order chi connectivity index (χ0) is 21.3. The summed E-state index contributed by atoms with van der Waals surface area (Å²) in [5.41, 5.74) is 7.66. The Bertz CT molecular complexity index is 1250. The first-order valence-electron chi connectivity index (χ1n) is 8.88. The Hall–Kier alpha value is -3.39. The molecule has 0 bridgehead atoms. The Kier molecular flexibility index (Phi) is 5.17. The van der Waals surface area contributed by atoms with E-state index in [4.69, 9.17) is 5.73 Å². The number of fused-ring (bicyclic) bond motifs is 1. The second-order valence-electron chi connectivity index (χ2n) is 6.55. The molecule has 30 heavy (non-hydrogen) atoms. The van der Waals surface area contributed by atoms with Crippen molar-refractivity contribution in [3.63, 3.8) is 0 Å². The van der Waals surface area contributed by atoms with Crippen LogP contribution in [-0.2, 0) is 6.18 Å². The van der Waals surface area contributed by atoms with E-state index in [1.165, 1.54) is 12.3 Å². The van der Waals surface area contributed by atoms with Crippen molar-refractivity contribution in [1.82, 2.24) is 4.98 Å². The van der Waals surface area contributed by atoms with Crippen LogP contribution in [0.4, 0.5) is 30.2 Å². The highest BCUT2D eigenvalue weighted by Gasteiger charge is 2.30. The summed E-state index contributed by atoms with van der Waals surface area (Å²) in [6.07, 6.45) is -2.96. The Labute approximate surface area is 175 Å². The lowest BCUT2D eigenvalue weighted by atomic mass is 10.1. The first-order chi connectivity index (χ1) is 14.3. The number of nitrogens with two attached hydrogens (primary N) is 1. The summed E-state index contributed by atoms with van der Waals surface area (Å²) in [5.74, 6) is 0. The second-order valence-corrected chi connectivity index (χ2v) is 7.04. The van der Waals surface area contributed by atoms with Gasteiger partial charge in [0, 0.05) is 15.8 Å².